The van der Waals surface area contributed by atoms with Gasteiger partial charge in [0.2, 0.25) is 5.91 Å². The van der Waals surface area contributed by atoms with Gasteiger partial charge in [0.15, 0.2) is 0 Å². The predicted octanol–water partition coefficient (Wildman–Crippen LogP) is 1.26. The van der Waals surface area contributed by atoms with Gasteiger partial charge in [0.05, 0.1) is 13.0 Å². The van der Waals surface area contributed by atoms with Crippen molar-refractivity contribution in [2.75, 3.05) is 19.7 Å². The van der Waals surface area contributed by atoms with E-state index >= 15 is 0 Å². The number of amides is 1. The zero-order valence-electron chi connectivity index (χ0n) is 9.59. The third kappa shape index (κ3) is 3.31. The molecule has 1 aliphatic rings. The van der Waals surface area contributed by atoms with Crippen LogP contribution in [0.25, 0.3) is 0 Å². The SMILES string of the molecule is O=C1CCN(CCOc2ccccc2)C(=O)C1. The molecule has 1 aliphatic heterocycles. The number of para-hydroxylation sites is 1. The molecule has 1 saturated heterocycles. The molecule has 4 nitrogen and oxygen atoms in total. The van der Waals surface area contributed by atoms with Gasteiger partial charge in [-0.2, -0.15) is 0 Å². The van der Waals surface area contributed by atoms with Gasteiger partial charge in [-0.05, 0) is 12.1 Å². The first-order chi connectivity index (χ1) is 8.25. The number of hydrogen-bond acceptors (Lipinski definition) is 3. The zero-order chi connectivity index (χ0) is 12.1. The van der Waals surface area contributed by atoms with Crippen LogP contribution in [0.5, 0.6) is 5.75 Å². The maximum Gasteiger partial charge on any atom is 0.230 e. The van der Waals surface area contributed by atoms with Crippen molar-refractivity contribution in [3.8, 4) is 5.75 Å². The number of rotatable bonds is 4. The standard InChI is InChI=1S/C13H15NO3/c15-11-6-7-14(13(16)10-11)8-9-17-12-4-2-1-3-5-12/h1-5H,6-10H2. The summed E-state index contributed by atoms with van der Waals surface area (Å²) < 4.78 is 5.51. The van der Waals surface area contributed by atoms with Gasteiger partial charge in [-0.15, -0.1) is 0 Å². The van der Waals surface area contributed by atoms with Gasteiger partial charge in [-0.3, -0.25) is 9.59 Å². The van der Waals surface area contributed by atoms with E-state index in [2.05, 4.69) is 0 Å². The number of hydrogen-bond donors (Lipinski definition) is 0. The largest absolute Gasteiger partial charge is 0.492 e. The number of carbonyl (C=O) groups is 2. The van der Waals surface area contributed by atoms with Crippen LogP contribution in [0.3, 0.4) is 0 Å². The van der Waals surface area contributed by atoms with E-state index in [9.17, 15) is 9.59 Å². The Morgan fingerprint density at radius 2 is 1.94 bits per heavy atom. The van der Waals surface area contributed by atoms with Crippen LogP contribution in [0, 0.1) is 0 Å². The van der Waals surface area contributed by atoms with Crippen LogP contribution in [0.15, 0.2) is 30.3 Å². The first-order valence-electron chi connectivity index (χ1n) is 5.73. The minimum Gasteiger partial charge on any atom is -0.492 e. The Kier molecular flexibility index (Phi) is 3.75. The Bertz CT molecular complexity index is 402. The second-order valence-electron chi connectivity index (χ2n) is 4.01. The average Bonchev–Trinajstić information content (AvgIpc) is 2.33. The Balaban J connectivity index is 1.75. The minimum absolute atomic E-state index is 0.0372. The highest BCUT2D eigenvalue weighted by Gasteiger charge is 2.23. The summed E-state index contributed by atoms with van der Waals surface area (Å²) in [5, 5.41) is 0. The second-order valence-corrected chi connectivity index (χ2v) is 4.01. The fraction of sp³-hybridized carbons (Fsp3) is 0.385. The molecule has 2 rings (SSSR count). The van der Waals surface area contributed by atoms with E-state index in [-0.39, 0.29) is 18.1 Å². The van der Waals surface area contributed by atoms with Gasteiger partial charge < -0.3 is 9.64 Å². The minimum atomic E-state index is -0.0853. The molecule has 1 fully saturated rings. The average molecular weight is 233 g/mol. The molecule has 1 aromatic rings. The third-order valence-electron chi connectivity index (χ3n) is 2.73. The number of ketones is 1. The number of nitrogens with zero attached hydrogens (tertiary/aromatic N) is 1. The van der Waals surface area contributed by atoms with E-state index in [1.807, 2.05) is 30.3 Å². The van der Waals surface area contributed by atoms with Crippen LogP contribution in [-0.4, -0.2) is 36.3 Å². The summed E-state index contributed by atoms with van der Waals surface area (Å²) in [6, 6.07) is 9.48. The lowest BCUT2D eigenvalue weighted by Crippen LogP contribution is -2.41. The molecule has 0 radical (unpaired) electrons. The quantitative estimate of drug-likeness (QED) is 0.735. The maximum absolute atomic E-state index is 11.5. The normalized spacial score (nSPS) is 16.1. The van der Waals surface area contributed by atoms with Gasteiger partial charge in [0.25, 0.3) is 0 Å². The van der Waals surface area contributed by atoms with Crippen LogP contribution in [0.2, 0.25) is 0 Å². The van der Waals surface area contributed by atoms with Crippen LogP contribution in [0.1, 0.15) is 12.8 Å². The Morgan fingerprint density at radius 3 is 2.65 bits per heavy atom. The molecule has 90 valence electrons. The Labute approximate surface area is 100 Å². The van der Waals surface area contributed by atoms with Crippen molar-refractivity contribution in [1.29, 1.82) is 0 Å². The molecule has 0 aromatic heterocycles. The molecular formula is C13H15NO3. The lowest BCUT2D eigenvalue weighted by molar-refractivity contribution is -0.139. The van der Waals surface area contributed by atoms with Gasteiger partial charge >= 0.3 is 0 Å². The first kappa shape index (κ1) is 11.6. The molecular weight excluding hydrogens is 218 g/mol. The molecule has 1 heterocycles. The lowest BCUT2D eigenvalue weighted by Gasteiger charge is -2.25. The van der Waals surface area contributed by atoms with Crippen molar-refractivity contribution in [3.05, 3.63) is 30.3 Å². The maximum atomic E-state index is 11.5. The van der Waals surface area contributed by atoms with Crippen molar-refractivity contribution < 1.29 is 14.3 Å². The predicted molar refractivity (Wildman–Crippen MR) is 62.8 cm³/mol. The highest BCUT2D eigenvalue weighted by Crippen LogP contribution is 2.10. The summed E-state index contributed by atoms with van der Waals surface area (Å²) in [5.74, 6) is 0.751. The molecule has 0 saturated carbocycles. The summed E-state index contributed by atoms with van der Waals surface area (Å²) in [6.07, 6.45) is 0.516. The van der Waals surface area contributed by atoms with Crippen molar-refractivity contribution in [3.63, 3.8) is 0 Å². The molecule has 1 amide bonds. The fourth-order valence-corrected chi connectivity index (χ4v) is 1.78. The van der Waals surface area contributed by atoms with Crippen LogP contribution >= 0.6 is 0 Å². The summed E-state index contributed by atoms with van der Waals surface area (Å²) in [6.45, 7) is 1.53. The van der Waals surface area contributed by atoms with Crippen LogP contribution in [0.4, 0.5) is 0 Å². The topological polar surface area (TPSA) is 46.6 Å². The zero-order valence-corrected chi connectivity index (χ0v) is 9.59. The molecule has 1 aromatic carbocycles. The smallest absolute Gasteiger partial charge is 0.230 e. The van der Waals surface area contributed by atoms with Crippen molar-refractivity contribution in [1.82, 2.24) is 4.90 Å². The first-order valence-corrected chi connectivity index (χ1v) is 5.73. The molecule has 0 bridgehead atoms. The van der Waals surface area contributed by atoms with Crippen LogP contribution in [-0.2, 0) is 9.59 Å². The highest BCUT2D eigenvalue weighted by molar-refractivity contribution is 6.00. The molecule has 0 aliphatic carbocycles. The number of carbonyl (C=O) groups excluding carboxylic acids is 2. The number of benzene rings is 1. The summed E-state index contributed by atoms with van der Waals surface area (Å²) in [4.78, 5) is 24.2. The number of piperidine rings is 1. The molecule has 0 spiro atoms. The third-order valence-corrected chi connectivity index (χ3v) is 2.73. The van der Waals surface area contributed by atoms with E-state index in [1.54, 1.807) is 4.90 Å². The molecule has 0 unspecified atom stereocenters. The lowest BCUT2D eigenvalue weighted by atomic mass is 10.1. The van der Waals surface area contributed by atoms with Crippen molar-refractivity contribution in [2.24, 2.45) is 0 Å². The van der Waals surface area contributed by atoms with Crippen LogP contribution < -0.4 is 4.74 Å². The van der Waals surface area contributed by atoms with E-state index < -0.39 is 0 Å². The monoisotopic (exact) mass is 233 g/mol. The summed E-state index contributed by atoms with van der Waals surface area (Å²) in [7, 11) is 0. The number of ether oxygens (including phenoxy) is 1. The number of likely N-dealkylation sites (tertiary alicyclic amines) is 1. The van der Waals surface area contributed by atoms with Crippen molar-refractivity contribution >= 4 is 11.7 Å². The summed E-state index contributed by atoms with van der Waals surface area (Å²) >= 11 is 0. The van der Waals surface area contributed by atoms with E-state index in [1.165, 1.54) is 0 Å². The Morgan fingerprint density at radius 1 is 1.18 bits per heavy atom. The second kappa shape index (κ2) is 5.48. The van der Waals surface area contributed by atoms with Gasteiger partial charge in [-0.25, -0.2) is 0 Å². The fourth-order valence-electron chi connectivity index (χ4n) is 1.78. The van der Waals surface area contributed by atoms with Gasteiger partial charge in [-0.1, -0.05) is 18.2 Å². The summed E-state index contributed by atoms with van der Waals surface area (Å²) in [5.41, 5.74) is 0. The molecule has 0 N–H and O–H groups in total. The van der Waals surface area contributed by atoms with E-state index in [4.69, 9.17) is 4.74 Å². The molecule has 17 heavy (non-hydrogen) atoms. The van der Waals surface area contributed by atoms with Crippen molar-refractivity contribution in [2.45, 2.75) is 12.8 Å². The number of Topliss-reactive ketones (excluding diaryl/α,β-unsaturated/α-hetero) is 1. The Hall–Kier alpha value is -1.84. The van der Waals surface area contributed by atoms with E-state index in [0.717, 1.165) is 5.75 Å². The highest BCUT2D eigenvalue weighted by atomic mass is 16.5. The van der Waals surface area contributed by atoms with Gasteiger partial charge in [0.1, 0.15) is 18.1 Å². The van der Waals surface area contributed by atoms with E-state index in [0.29, 0.717) is 26.1 Å². The van der Waals surface area contributed by atoms with Gasteiger partial charge in [0, 0.05) is 13.0 Å². The molecule has 4 heteroatoms. The molecule has 0 atom stereocenters.